The van der Waals surface area contributed by atoms with Gasteiger partial charge in [0.1, 0.15) is 0 Å². The first-order valence-corrected chi connectivity index (χ1v) is 11.8. The zero-order valence-electron chi connectivity index (χ0n) is 19.3. The Hall–Kier alpha value is -3.31. The molecule has 3 aromatic carbocycles. The van der Waals surface area contributed by atoms with Gasteiger partial charge in [0.2, 0.25) is 0 Å². The number of aromatic carboxylic acids is 1. The highest BCUT2D eigenvalue weighted by Crippen LogP contribution is 2.22. The molecule has 0 amide bonds. The van der Waals surface area contributed by atoms with Crippen LogP contribution in [-0.2, 0) is 12.8 Å². The molecule has 0 aromatic heterocycles. The minimum Gasteiger partial charge on any atom is -0.478 e. The number of nitrogens with one attached hydrogen (secondary N) is 1. The second-order valence-corrected chi connectivity index (χ2v) is 8.84. The first kappa shape index (κ1) is 22.9. The molecule has 3 aromatic rings. The number of benzene rings is 3. The quantitative estimate of drug-likeness (QED) is 0.431. The maximum Gasteiger partial charge on any atom is 0.337 e. The van der Waals surface area contributed by atoms with Gasteiger partial charge in [0.25, 0.3) is 0 Å². The summed E-state index contributed by atoms with van der Waals surface area (Å²) in [6.45, 7) is 4.48. The van der Waals surface area contributed by atoms with Crippen LogP contribution in [0.3, 0.4) is 0 Å². The third kappa shape index (κ3) is 6.36. The van der Waals surface area contributed by atoms with Gasteiger partial charge in [0.15, 0.2) is 0 Å². The molecule has 4 rings (SSSR count). The molecule has 1 fully saturated rings. The van der Waals surface area contributed by atoms with E-state index in [9.17, 15) is 9.90 Å². The summed E-state index contributed by atoms with van der Waals surface area (Å²) < 4.78 is 0. The summed E-state index contributed by atoms with van der Waals surface area (Å²) in [5.74, 6) is -0.927. The third-order valence-electron chi connectivity index (χ3n) is 6.38. The predicted octanol–water partition coefficient (Wildman–Crippen LogP) is 5.45. The minimum absolute atomic E-state index is 0.276. The van der Waals surface area contributed by atoms with Crippen LogP contribution in [0.2, 0.25) is 0 Å². The number of piperazine rings is 1. The van der Waals surface area contributed by atoms with E-state index in [0.717, 1.165) is 51.1 Å². The molecule has 33 heavy (non-hydrogen) atoms. The van der Waals surface area contributed by atoms with Gasteiger partial charge >= 0.3 is 5.97 Å². The molecule has 0 saturated carbocycles. The molecule has 0 atom stereocenters. The summed E-state index contributed by atoms with van der Waals surface area (Å²) in [6, 6.07) is 24.4. The zero-order chi connectivity index (χ0) is 23.0. The van der Waals surface area contributed by atoms with Crippen molar-refractivity contribution < 1.29 is 9.90 Å². The van der Waals surface area contributed by atoms with Gasteiger partial charge < -0.3 is 20.2 Å². The summed E-state index contributed by atoms with van der Waals surface area (Å²) >= 11 is 0. The lowest BCUT2D eigenvalue weighted by molar-refractivity contribution is 0.0698. The number of rotatable bonds is 9. The van der Waals surface area contributed by atoms with Crippen molar-refractivity contribution in [3.8, 4) is 0 Å². The Morgan fingerprint density at radius 3 is 2.00 bits per heavy atom. The molecule has 1 aliphatic heterocycles. The Morgan fingerprint density at radius 1 is 0.818 bits per heavy atom. The lowest BCUT2D eigenvalue weighted by atomic mass is 10.0. The number of likely N-dealkylation sites (N-methyl/N-ethyl adjacent to an activating group) is 1. The van der Waals surface area contributed by atoms with E-state index in [1.807, 2.05) is 18.2 Å². The second kappa shape index (κ2) is 11.0. The van der Waals surface area contributed by atoms with E-state index in [-0.39, 0.29) is 5.56 Å². The van der Waals surface area contributed by atoms with Crippen molar-refractivity contribution in [1.29, 1.82) is 0 Å². The van der Waals surface area contributed by atoms with Crippen molar-refractivity contribution in [2.24, 2.45) is 0 Å². The monoisotopic (exact) mass is 443 g/mol. The second-order valence-electron chi connectivity index (χ2n) is 8.84. The highest BCUT2D eigenvalue weighted by Gasteiger charge is 2.14. The Labute approximate surface area is 196 Å². The molecule has 1 heterocycles. The molecule has 1 saturated heterocycles. The molecular weight excluding hydrogens is 410 g/mol. The van der Waals surface area contributed by atoms with Crippen LogP contribution >= 0.6 is 0 Å². The number of carboxylic acid groups (broad SMARTS) is 1. The van der Waals surface area contributed by atoms with Crippen LogP contribution in [0.1, 0.15) is 34.3 Å². The molecule has 0 radical (unpaired) electrons. The van der Waals surface area contributed by atoms with Crippen LogP contribution in [0, 0.1) is 0 Å². The molecule has 0 aliphatic carbocycles. The minimum atomic E-state index is -0.927. The van der Waals surface area contributed by atoms with E-state index in [1.165, 1.54) is 23.2 Å². The third-order valence-corrected chi connectivity index (χ3v) is 6.38. The number of anilines is 3. The van der Waals surface area contributed by atoms with Crippen molar-refractivity contribution in [2.75, 3.05) is 43.4 Å². The topological polar surface area (TPSA) is 55.8 Å². The van der Waals surface area contributed by atoms with E-state index in [1.54, 1.807) is 18.2 Å². The van der Waals surface area contributed by atoms with E-state index < -0.39 is 5.97 Å². The summed E-state index contributed by atoms with van der Waals surface area (Å²) in [4.78, 5) is 16.2. The van der Waals surface area contributed by atoms with Crippen molar-refractivity contribution in [3.05, 3.63) is 89.5 Å². The zero-order valence-corrected chi connectivity index (χ0v) is 19.3. The van der Waals surface area contributed by atoms with Gasteiger partial charge in [-0.1, -0.05) is 36.4 Å². The summed E-state index contributed by atoms with van der Waals surface area (Å²) in [7, 11) is 2.19. The number of hydrogen-bond donors (Lipinski definition) is 2. The van der Waals surface area contributed by atoms with Crippen LogP contribution in [0.5, 0.6) is 0 Å². The largest absolute Gasteiger partial charge is 0.478 e. The number of hydrogen-bond acceptors (Lipinski definition) is 4. The highest BCUT2D eigenvalue weighted by atomic mass is 16.4. The van der Waals surface area contributed by atoms with E-state index in [4.69, 9.17) is 0 Å². The maximum absolute atomic E-state index is 11.4. The lowest BCUT2D eigenvalue weighted by Crippen LogP contribution is -2.44. The number of unbranched alkanes of at least 4 members (excludes halogenated alkanes) is 1. The van der Waals surface area contributed by atoms with Gasteiger partial charge in [-0.15, -0.1) is 0 Å². The van der Waals surface area contributed by atoms with Gasteiger partial charge in [-0.3, -0.25) is 0 Å². The number of carboxylic acids is 1. The van der Waals surface area contributed by atoms with Gasteiger partial charge in [-0.2, -0.15) is 0 Å². The molecule has 5 heteroatoms. The number of nitrogens with zero attached hydrogens (tertiary/aromatic N) is 2. The van der Waals surface area contributed by atoms with Gasteiger partial charge in [0, 0.05) is 37.6 Å². The van der Waals surface area contributed by atoms with Gasteiger partial charge in [0.05, 0.1) is 11.3 Å². The molecule has 0 unspecified atom stereocenters. The molecule has 5 nitrogen and oxygen atoms in total. The van der Waals surface area contributed by atoms with Crippen LogP contribution < -0.4 is 10.2 Å². The molecule has 172 valence electrons. The smallest absolute Gasteiger partial charge is 0.337 e. The highest BCUT2D eigenvalue weighted by molar-refractivity contribution is 5.95. The lowest BCUT2D eigenvalue weighted by Gasteiger charge is -2.34. The molecule has 0 bridgehead atoms. The van der Waals surface area contributed by atoms with Crippen LogP contribution in [0.4, 0.5) is 17.1 Å². The van der Waals surface area contributed by atoms with Crippen LogP contribution in [0.25, 0.3) is 0 Å². The van der Waals surface area contributed by atoms with Gasteiger partial charge in [-0.25, -0.2) is 4.79 Å². The Kier molecular flexibility index (Phi) is 7.63. The average molecular weight is 444 g/mol. The summed E-state index contributed by atoms with van der Waals surface area (Å²) in [6.07, 6.45) is 4.47. The first-order valence-electron chi connectivity index (χ1n) is 11.8. The number of aryl methyl sites for hydroxylation is 2. The molecule has 0 spiro atoms. The van der Waals surface area contributed by atoms with Crippen molar-refractivity contribution in [2.45, 2.75) is 25.7 Å². The van der Waals surface area contributed by atoms with Crippen molar-refractivity contribution in [3.63, 3.8) is 0 Å². The molecule has 2 N–H and O–H groups in total. The van der Waals surface area contributed by atoms with Gasteiger partial charge in [-0.05, 0) is 80.3 Å². The normalized spacial score (nSPS) is 14.3. The van der Waals surface area contributed by atoms with Crippen molar-refractivity contribution in [1.82, 2.24) is 4.90 Å². The number of para-hydroxylation sites is 1. The Morgan fingerprint density at radius 2 is 1.39 bits per heavy atom. The first-order chi connectivity index (χ1) is 16.1. The summed E-state index contributed by atoms with van der Waals surface area (Å²) in [5.41, 5.74) is 5.83. The van der Waals surface area contributed by atoms with Crippen LogP contribution in [-0.4, -0.2) is 49.2 Å². The fraction of sp³-hybridized carbons (Fsp3) is 0.321. The van der Waals surface area contributed by atoms with E-state index in [0.29, 0.717) is 5.69 Å². The van der Waals surface area contributed by atoms with Crippen LogP contribution in [0.15, 0.2) is 72.8 Å². The Balaban J connectivity index is 1.21. The van der Waals surface area contributed by atoms with E-state index >= 15 is 0 Å². The fourth-order valence-electron chi connectivity index (χ4n) is 4.29. The SMILES string of the molecule is CN1CCN(c2ccc(CCCCc3ccc(Nc4ccccc4C(=O)O)cc3)cc2)CC1. The fourth-order valence-corrected chi connectivity index (χ4v) is 4.29. The average Bonchev–Trinajstić information content (AvgIpc) is 2.84. The summed E-state index contributed by atoms with van der Waals surface area (Å²) in [5, 5.41) is 12.5. The van der Waals surface area contributed by atoms with Crippen molar-refractivity contribution >= 4 is 23.0 Å². The molecule has 1 aliphatic rings. The molecular formula is C28H33N3O2. The standard InChI is InChI=1S/C28H33N3O2/c1-30-18-20-31(21-19-30)25-16-12-23(13-17-25)7-3-2-6-22-10-14-24(15-11-22)29-27-9-5-4-8-26(27)28(32)33/h4-5,8-17,29H,2-3,6-7,18-21H2,1H3,(H,32,33). The predicted molar refractivity (Wildman–Crippen MR) is 136 cm³/mol. The van der Waals surface area contributed by atoms with E-state index in [2.05, 4.69) is 58.6 Å². The Bertz CT molecular complexity index is 1040. The number of carbonyl (C=O) groups is 1. The maximum atomic E-state index is 11.4.